The van der Waals surface area contributed by atoms with E-state index < -0.39 is 11.7 Å². The lowest BCUT2D eigenvalue weighted by Gasteiger charge is -2.28. The van der Waals surface area contributed by atoms with Crippen LogP contribution in [0.4, 0.5) is 22.1 Å². The molecule has 2 aliphatic carbocycles. The van der Waals surface area contributed by atoms with Crippen molar-refractivity contribution in [2.45, 2.75) is 95.2 Å². The van der Waals surface area contributed by atoms with E-state index in [0.29, 0.717) is 29.1 Å². The van der Waals surface area contributed by atoms with Gasteiger partial charge < -0.3 is 25.6 Å². The zero-order valence-corrected chi connectivity index (χ0v) is 20.4. The van der Waals surface area contributed by atoms with Crippen molar-refractivity contribution in [2.75, 3.05) is 34.9 Å². The molecule has 0 radical (unpaired) electrons. The summed E-state index contributed by atoms with van der Waals surface area (Å²) >= 11 is 1.55. The Balaban J connectivity index is 1.86. The number of ether oxygens (including phenoxy) is 2. The largest absolute Gasteiger partial charge is 0.443 e. The number of hydrogen-bond donors (Lipinski definition) is 3. The molecule has 2 aliphatic rings. The summed E-state index contributed by atoms with van der Waals surface area (Å²) in [6.07, 6.45) is 5.12. The van der Waals surface area contributed by atoms with Crippen LogP contribution >= 0.6 is 11.8 Å². The molecule has 1 aromatic rings. The number of nitrogens with zero attached hydrogens (tertiary/aromatic N) is 3. The van der Waals surface area contributed by atoms with Gasteiger partial charge in [0, 0.05) is 17.8 Å². The van der Waals surface area contributed by atoms with Gasteiger partial charge in [-0.2, -0.15) is 0 Å². The van der Waals surface area contributed by atoms with E-state index in [4.69, 9.17) is 20.3 Å². The first kappa shape index (κ1) is 24.9. The number of rotatable bonds is 10. The molecule has 180 valence electrons. The zero-order chi connectivity index (χ0) is 23.3. The maximum Gasteiger partial charge on any atom is 0.416 e. The standard InChI is InChI=1S/C22H37N5O4S/c1-5-12-32-20-25-18(24-14-6-9-16(13-14)30-11-10-28)17(23)19(26-20)27(15-7-8-15)21(29)31-22(2,3)4/h14-16,28H,5-13,23H2,1-4H3,(H,24,25,26). The number of aliphatic hydroxyl groups excluding tert-OH is 1. The van der Waals surface area contributed by atoms with Crippen molar-refractivity contribution in [1.82, 2.24) is 9.97 Å². The van der Waals surface area contributed by atoms with Crippen LogP contribution in [0.25, 0.3) is 0 Å². The zero-order valence-electron chi connectivity index (χ0n) is 19.6. The van der Waals surface area contributed by atoms with Crippen molar-refractivity contribution in [3.05, 3.63) is 0 Å². The topological polar surface area (TPSA) is 123 Å². The van der Waals surface area contributed by atoms with Gasteiger partial charge in [0.25, 0.3) is 0 Å². The molecule has 4 N–H and O–H groups in total. The van der Waals surface area contributed by atoms with Gasteiger partial charge in [-0.1, -0.05) is 18.7 Å². The normalized spacial score (nSPS) is 20.9. The van der Waals surface area contributed by atoms with Crippen LogP contribution in [0.5, 0.6) is 0 Å². The van der Waals surface area contributed by atoms with Crippen LogP contribution in [0.2, 0.25) is 0 Å². The summed E-state index contributed by atoms with van der Waals surface area (Å²) in [7, 11) is 0. The summed E-state index contributed by atoms with van der Waals surface area (Å²) in [6, 6.07) is 0.199. The first-order chi connectivity index (χ1) is 15.2. The van der Waals surface area contributed by atoms with Crippen LogP contribution in [-0.2, 0) is 9.47 Å². The molecule has 1 amide bonds. The highest BCUT2D eigenvalue weighted by Crippen LogP contribution is 2.39. The van der Waals surface area contributed by atoms with Crippen molar-refractivity contribution >= 4 is 35.2 Å². The minimum atomic E-state index is -0.611. The molecule has 10 heteroatoms. The fraction of sp³-hybridized carbons (Fsp3) is 0.773. The molecule has 0 aromatic carbocycles. The molecule has 2 saturated carbocycles. The van der Waals surface area contributed by atoms with Gasteiger partial charge in [0.05, 0.1) is 19.3 Å². The van der Waals surface area contributed by atoms with Gasteiger partial charge in [-0.05, 0) is 59.3 Å². The highest BCUT2D eigenvalue weighted by atomic mass is 32.2. The number of carbonyl (C=O) groups is 1. The quantitative estimate of drug-likeness (QED) is 0.348. The van der Waals surface area contributed by atoms with E-state index in [-0.39, 0.29) is 24.8 Å². The van der Waals surface area contributed by atoms with E-state index in [0.717, 1.165) is 44.3 Å². The molecule has 1 aromatic heterocycles. The predicted molar refractivity (Wildman–Crippen MR) is 127 cm³/mol. The minimum absolute atomic E-state index is 0.0243. The molecule has 32 heavy (non-hydrogen) atoms. The molecule has 3 rings (SSSR count). The Bertz CT molecular complexity index is 784. The Kier molecular flexibility index (Phi) is 8.46. The molecular formula is C22H37N5O4S. The Morgan fingerprint density at radius 2 is 2.03 bits per heavy atom. The first-order valence-electron chi connectivity index (χ1n) is 11.5. The Hall–Kier alpha value is -1.78. The number of anilines is 3. The fourth-order valence-electron chi connectivity index (χ4n) is 3.68. The van der Waals surface area contributed by atoms with E-state index in [1.807, 2.05) is 20.8 Å². The third-order valence-electron chi connectivity index (χ3n) is 5.24. The van der Waals surface area contributed by atoms with Crippen LogP contribution in [0, 0.1) is 0 Å². The molecule has 0 spiro atoms. The molecule has 0 aliphatic heterocycles. The third kappa shape index (κ3) is 6.86. The van der Waals surface area contributed by atoms with Gasteiger partial charge in [-0.15, -0.1) is 0 Å². The molecule has 2 fully saturated rings. The van der Waals surface area contributed by atoms with E-state index in [1.165, 1.54) is 0 Å². The molecule has 0 saturated heterocycles. The fourth-order valence-corrected chi connectivity index (χ4v) is 4.37. The highest BCUT2D eigenvalue weighted by molar-refractivity contribution is 7.99. The van der Waals surface area contributed by atoms with Gasteiger partial charge in [0.2, 0.25) is 0 Å². The van der Waals surface area contributed by atoms with Gasteiger partial charge >= 0.3 is 6.09 Å². The average Bonchev–Trinajstić information content (AvgIpc) is 3.45. The summed E-state index contributed by atoms with van der Waals surface area (Å²) in [5.74, 6) is 1.85. The van der Waals surface area contributed by atoms with Crippen molar-refractivity contribution in [3.63, 3.8) is 0 Å². The lowest BCUT2D eigenvalue weighted by molar-refractivity contribution is 0.0326. The van der Waals surface area contributed by atoms with E-state index in [2.05, 4.69) is 22.2 Å². The lowest BCUT2D eigenvalue weighted by Crippen LogP contribution is -2.39. The van der Waals surface area contributed by atoms with Crippen molar-refractivity contribution < 1.29 is 19.4 Å². The van der Waals surface area contributed by atoms with Crippen LogP contribution < -0.4 is 16.0 Å². The Morgan fingerprint density at radius 3 is 2.66 bits per heavy atom. The Labute approximate surface area is 194 Å². The van der Waals surface area contributed by atoms with Gasteiger partial charge in [-0.25, -0.2) is 14.8 Å². The average molecular weight is 468 g/mol. The predicted octanol–water partition coefficient (Wildman–Crippen LogP) is 3.81. The maximum atomic E-state index is 13.0. The van der Waals surface area contributed by atoms with Crippen LogP contribution in [0.1, 0.15) is 66.2 Å². The molecule has 2 unspecified atom stereocenters. The van der Waals surface area contributed by atoms with Crippen molar-refractivity contribution in [1.29, 1.82) is 0 Å². The van der Waals surface area contributed by atoms with E-state index >= 15 is 0 Å². The summed E-state index contributed by atoms with van der Waals surface area (Å²) < 4.78 is 11.3. The smallest absolute Gasteiger partial charge is 0.416 e. The van der Waals surface area contributed by atoms with Gasteiger partial charge in [0.15, 0.2) is 16.8 Å². The van der Waals surface area contributed by atoms with E-state index in [9.17, 15) is 4.79 Å². The number of aliphatic hydroxyl groups is 1. The monoisotopic (exact) mass is 467 g/mol. The van der Waals surface area contributed by atoms with Crippen molar-refractivity contribution in [3.8, 4) is 0 Å². The number of hydrogen-bond acceptors (Lipinski definition) is 9. The van der Waals surface area contributed by atoms with Crippen molar-refractivity contribution in [2.24, 2.45) is 0 Å². The van der Waals surface area contributed by atoms with Crippen LogP contribution in [0.15, 0.2) is 5.16 Å². The molecule has 9 nitrogen and oxygen atoms in total. The second kappa shape index (κ2) is 10.9. The Morgan fingerprint density at radius 1 is 1.28 bits per heavy atom. The number of carbonyl (C=O) groups excluding carboxylic acids is 1. The summed E-state index contributed by atoms with van der Waals surface area (Å²) in [5, 5.41) is 13.1. The highest BCUT2D eigenvalue weighted by Gasteiger charge is 2.39. The number of amides is 1. The second-order valence-electron chi connectivity index (χ2n) is 9.39. The number of thioether (sulfide) groups is 1. The maximum absolute atomic E-state index is 13.0. The number of nitrogens with one attached hydrogen (secondary N) is 1. The molecule has 0 bridgehead atoms. The van der Waals surface area contributed by atoms with Crippen LogP contribution in [0.3, 0.4) is 0 Å². The first-order valence-corrected chi connectivity index (χ1v) is 12.5. The summed E-state index contributed by atoms with van der Waals surface area (Å²) in [6.45, 7) is 8.03. The minimum Gasteiger partial charge on any atom is -0.443 e. The number of aromatic nitrogens is 2. The summed E-state index contributed by atoms with van der Waals surface area (Å²) in [4.78, 5) is 24.0. The summed E-state index contributed by atoms with van der Waals surface area (Å²) in [5.41, 5.74) is 6.28. The lowest BCUT2D eigenvalue weighted by atomic mass is 10.2. The molecular weight excluding hydrogens is 430 g/mol. The molecule has 2 atom stereocenters. The van der Waals surface area contributed by atoms with E-state index in [1.54, 1.807) is 16.7 Å². The van der Waals surface area contributed by atoms with Gasteiger partial charge in [-0.3, -0.25) is 4.90 Å². The van der Waals surface area contributed by atoms with Crippen LogP contribution in [-0.4, -0.2) is 63.9 Å². The third-order valence-corrected chi connectivity index (χ3v) is 6.29. The number of nitrogens with two attached hydrogens (primary N) is 1. The molecule has 1 heterocycles. The SMILES string of the molecule is CCCSc1nc(NC2CCC(OCCO)C2)c(N)c(N(C(=O)OC(C)(C)C)C2CC2)n1. The number of nitrogen functional groups attached to an aromatic ring is 1. The second-order valence-corrected chi connectivity index (χ2v) is 10.5. The van der Waals surface area contributed by atoms with Gasteiger partial charge in [0.1, 0.15) is 11.3 Å².